The van der Waals surface area contributed by atoms with Crippen molar-refractivity contribution in [3.63, 3.8) is 0 Å². The van der Waals surface area contributed by atoms with Gasteiger partial charge in [-0.1, -0.05) is 121 Å². The van der Waals surface area contributed by atoms with E-state index in [2.05, 4.69) is 46.3 Å². The number of ketones is 1. The molecule has 4 aromatic carbocycles. The topological polar surface area (TPSA) is 59.0 Å². The molecule has 0 heterocycles. The van der Waals surface area contributed by atoms with Crippen molar-refractivity contribution in [1.82, 2.24) is 4.90 Å². The highest BCUT2D eigenvalue weighted by atomic mass is 16.6. The Labute approximate surface area is 249 Å². The summed E-state index contributed by atoms with van der Waals surface area (Å²) in [5, 5.41) is 0. The van der Waals surface area contributed by atoms with Crippen LogP contribution in [0.25, 0.3) is 0 Å². The van der Waals surface area contributed by atoms with Gasteiger partial charge in [-0.3, -0.25) is 9.69 Å². The third-order valence-electron chi connectivity index (χ3n) is 6.81. The molecule has 0 saturated carbocycles. The number of hydrogen-bond acceptors (Lipinski definition) is 4. The summed E-state index contributed by atoms with van der Waals surface area (Å²) < 4.78 is 5.50. The zero-order valence-corrected chi connectivity index (χ0v) is 24.8. The largest absolute Gasteiger partial charge is 0.442 e. The summed E-state index contributed by atoms with van der Waals surface area (Å²) in [5.41, 5.74) is 4.14. The molecule has 0 aliphatic heterocycles. The molecule has 5 nitrogen and oxygen atoms in total. The molecule has 0 N–H and O–H groups in total. The zero-order valence-electron chi connectivity index (χ0n) is 24.8. The lowest BCUT2D eigenvalue weighted by Crippen LogP contribution is -2.43. The summed E-state index contributed by atoms with van der Waals surface area (Å²) in [6.07, 6.45) is 0.309. The molecule has 0 saturated heterocycles. The Morgan fingerprint density at radius 2 is 1.10 bits per heavy atom. The molecular weight excluding hydrogens is 520 g/mol. The summed E-state index contributed by atoms with van der Waals surface area (Å²) in [6.45, 7) is 6.64. The monoisotopic (exact) mass is 560 g/mol. The van der Waals surface area contributed by atoms with Crippen LogP contribution in [-0.2, 0) is 35.5 Å². The van der Waals surface area contributed by atoms with Gasteiger partial charge in [0.25, 0.3) is 0 Å². The molecule has 42 heavy (non-hydrogen) atoms. The lowest BCUT2D eigenvalue weighted by molar-refractivity contribution is -0.123. The van der Waals surface area contributed by atoms with Crippen LogP contribution >= 0.6 is 0 Å². The number of rotatable bonds is 12. The molecule has 4 rings (SSSR count). The first-order valence-corrected chi connectivity index (χ1v) is 14.5. The summed E-state index contributed by atoms with van der Waals surface area (Å²) in [4.78, 5) is 33.7. The molecule has 0 aromatic heterocycles. The Hall–Kier alpha value is -4.35. The van der Waals surface area contributed by atoms with Crippen LogP contribution in [0.5, 0.6) is 0 Å². The minimum atomic E-state index is -0.680. The summed E-state index contributed by atoms with van der Waals surface area (Å²) >= 11 is 0. The van der Waals surface area contributed by atoms with E-state index in [1.807, 2.05) is 106 Å². The van der Waals surface area contributed by atoms with Gasteiger partial charge >= 0.3 is 6.09 Å². The van der Waals surface area contributed by atoms with Gasteiger partial charge < -0.3 is 4.74 Å². The van der Waals surface area contributed by atoms with E-state index in [4.69, 9.17) is 4.74 Å². The van der Waals surface area contributed by atoms with Gasteiger partial charge in [0, 0.05) is 31.6 Å². The number of Topliss-reactive ketones (excluding diaryl/α,β-unsaturated/α-hetero) is 1. The van der Waals surface area contributed by atoms with Crippen LogP contribution in [0.3, 0.4) is 0 Å². The molecule has 0 radical (unpaired) electrons. The number of benzene rings is 4. The number of nitrogens with zero attached hydrogens (tertiary/aromatic N) is 2. The van der Waals surface area contributed by atoms with Gasteiger partial charge in [0.15, 0.2) is 5.78 Å². The van der Waals surface area contributed by atoms with Crippen LogP contribution in [0.4, 0.5) is 4.79 Å². The molecule has 0 unspecified atom stereocenters. The Balaban J connectivity index is 1.68. The predicted molar refractivity (Wildman–Crippen MR) is 170 cm³/mol. The first-order valence-electron chi connectivity index (χ1n) is 14.5. The standard InChI is InChI=1S/C37H40N2O3/c1-37(2,3)42-36(41)38-33(24-29-16-8-4-9-17-29)26-35(40)34(25-30-18-10-5-11-19-30)39(27-31-20-12-6-13-21-31)28-32-22-14-7-15-23-32/h4-23,34H,24-28H2,1-3H3/t34-/m0/s1. The predicted octanol–water partition coefficient (Wildman–Crippen LogP) is 7.88. The number of amides is 1. The third kappa shape index (κ3) is 10.2. The van der Waals surface area contributed by atoms with Gasteiger partial charge in [0.2, 0.25) is 0 Å². The SMILES string of the molecule is CC(C)(C)OC(=O)N=C(CC(=O)[C@H](Cc1ccccc1)N(Cc1ccccc1)Cc1ccccc1)Cc1ccccc1. The van der Waals surface area contributed by atoms with E-state index in [9.17, 15) is 9.59 Å². The van der Waals surface area contributed by atoms with E-state index in [0.29, 0.717) is 31.6 Å². The Morgan fingerprint density at radius 3 is 1.55 bits per heavy atom. The highest BCUT2D eigenvalue weighted by Crippen LogP contribution is 2.20. The van der Waals surface area contributed by atoms with Crippen molar-refractivity contribution < 1.29 is 14.3 Å². The molecule has 1 amide bonds. The van der Waals surface area contributed by atoms with Crippen molar-refractivity contribution in [2.75, 3.05) is 0 Å². The molecule has 216 valence electrons. The molecule has 0 bridgehead atoms. The quantitative estimate of drug-likeness (QED) is 0.165. The van der Waals surface area contributed by atoms with Crippen molar-refractivity contribution in [3.05, 3.63) is 144 Å². The van der Waals surface area contributed by atoms with E-state index in [-0.39, 0.29) is 12.2 Å². The molecule has 0 fully saturated rings. The van der Waals surface area contributed by atoms with Crippen LogP contribution in [0.15, 0.2) is 126 Å². The van der Waals surface area contributed by atoms with Crippen LogP contribution in [0, 0.1) is 0 Å². The molecule has 0 aliphatic rings. The average Bonchev–Trinajstić information content (AvgIpc) is 2.96. The highest BCUT2D eigenvalue weighted by Gasteiger charge is 2.28. The normalized spacial score (nSPS) is 12.6. The lowest BCUT2D eigenvalue weighted by Gasteiger charge is -2.31. The number of aliphatic imine (C=N–C) groups is 1. The maximum atomic E-state index is 14.4. The van der Waals surface area contributed by atoms with Crippen LogP contribution in [-0.4, -0.2) is 34.1 Å². The molecule has 1 atom stereocenters. The number of carbonyl (C=O) groups excluding carboxylic acids is 2. The first kappa shape index (κ1) is 30.6. The third-order valence-corrected chi connectivity index (χ3v) is 6.81. The Bertz CT molecular complexity index is 1390. The second-order valence-electron chi connectivity index (χ2n) is 11.5. The summed E-state index contributed by atoms with van der Waals surface area (Å²) in [6, 6.07) is 39.9. The Kier molecular flexibility index (Phi) is 11.0. The van der Waals surface area contributed by atoms with Crippen molar-refractivity contribution >= 4 is 17.6 Å². The van der Waals surface area contributed by atoms with E-state index >= 15 is 0 Å². The Morgan fingerprint density at radius 1 is 0.667 bits per heavy atom. The van der Waals surface area contributed by atoms with E-state index in [1.54, 1.807) is 0 Å². The smallest absolute Gasteiger partial charge is 0.434 e. The van der Waals surface area contributed by atoms with Crippen molar-refractivity contribution in [1.29, 1.82) is 0 Å². The molecular formula is C37H40N2O3. The van der Waals surface area contributed by atoms with Crippen LogP contribution < -0.4 is 0 Å². The maximum Gasteiger partial charge on any atom is 0.434 e. The second-order valence-corrected chi connectivity index (χ2v) is 11.5. The fourth-order valence-corrected chi connectivity index (χ4v) is 4.90. The van der Waals surface area contributed by atoms with Gasteiger partial charge in [0.05, 0.1) is 6.04 Å². The highest BCUT2D eigenvalue weighted by molar-refractivity contribution is 6.07. The zero-order chi connectivity index (χ0) is 29.8. The van der Waals surface area contributed by atoms with Gasteiger partial charge in [0.1, 0.15) is 5.60 Å². The first-order chi connectivity index (χ1) is 20.2. The second kappa shape index (κ2) is 15.0. The summed E-state index contributed by atoms with van der Waals surface area (Å²) in [5.74, 6) is 0.0176. The molecule has 0 aliphatic carbocycles. The van der Waals surface area contributed by atoms with Gasteiger partial charge in [-0.05, 0) is 49.4 Å². The van der Waals surface area contributed by atoms with Gasteiger partial charge in [-0.15, -0.1) is 0 Å². The average molecular weight is 561 g/mol. The fourth-order valence-electron chi connectivity index (χ4n) is 4.90. The minimum Gasteiger partial charge on any atom is -0.442 e. The summed E-state index contributed by atoms with van der Waals surface area (Å²) in [7, 11) is 0. The molecule has 0 spiro atoms. The van der Waals surface area contributed by atoms with Crippen molar-refractivity contribution in [3.8, 4) is 0 Å². The fraction of sp³-hybridized carbons (Fsp3) is 0.270. The van der Waals surface area contributed by atoms with Gasteiger partial charge in [-0.25, -0.2) is 4.79 Å². The minimum absolute atomic E-state index is 0.0176. The van der Waals surface area contributed by atoms with Crippen LogP contribution in [0.1, 0.15) is 49.4 Å². The van der Waals surface area contributed by atoms with E-state index in [1.165, 1.54) is 0 Å². The number of ether oxygens (including phenoxy) is 1. The lowest BCUT2D eigenvalue weighted by atomic mass is 9.94. The van der Waals surface area contributed by atoms with Crippen molar-refractivity contribution in [2.45, 2.75) is 64.8 Å². The van der Waals surface area contributed by atoms with Gasteiger partial charge in [-0.2, -0.15) is 4.99 Å². The number of carbonyl (C=O) groups is 2. The van der Waals surface area contributed by atoms with E-state index in [0.717, 1.165) is 22.3 Å². The van der Waals surface area contributed by atoms with Crippen molar-refractivity contribution in [2.24, 2.45) is 4.99 Å². The van der Waals surface area contributed by atoms with E-state index < -0.39 is 17.7 Å². The molecule has 4 aromatic rings. The van der Waals surface area contributed by atoms with Crippen LogP contribution in [0.2, 0.25) is 0 Å². The number of hydrogen-bond donors (Lipinski definition) is 0. The maximum absolute atomic E-state index is 14.4. The molecule has 5 heteroatoms.